The van der Waals surface area contributed by atoms with Gasteiger partial charge in [0.1, 0.15) is 0 Å². The molecule has 1 atom stereocenters. The molecule has 0 saturated heterocycles. The molecule has 0 rings (SSSR count). The van der Waals surface area contributed by atoms with E-state index in [2.05, 4.69) is 5.28 Å². The zero-order chi connectivity index (χ0) is 11.0. The highest BCUT2D eigenvalue weighted by molar-refractivity contribution is 4.59. The van der Waals surface area contributed by atoms with Gasteiger partial charge in [-0.15, -0.1) is 5.01 Å². The maximum Gasteiger partial charge on any atom is 0.230 e. The summed E-state index contributed by atoms with van der Waals surface area (Å²) in [6, 6.07) is -0.0556. The molecule has 0 aromatic heterocycles. The van der Waals surface area contributed by atoms with E-state index in [-0.39, 0.29) is 11.0 Å². The number of rotatable bonds is 7. The monoisotopic (exact) mass is 205 g/mol. The highest BCUT2D eigenvalue weighted by Gasteiger charge is 2.19. The predicted octanol–water partition coefficient (Wildman–Crippen LogP) is -0.359. The SMILES string of the molecule is CC(CCN)N(CCCN)/[N+]([O-])=N/O. The van der Waals surface area contributed by atoms with Crippen LogP contribution in [0.5, 0.6) is 0 Å². The Morgan fingerprint density at radius 2 is 2.14 bits per heavy atom. The van der Waals surface area contributed by atoms with E-state index in [1.807, 2.05) is 6.92 Å². The van der Waals surface area contributed by atoms with Crippen molar-refractivity contribution in [1.29, 1.82) is 0 Å². The van der Waals surface area contributed by atoms with Crippen LogP contribution in [0.2, 0.25) is 0 Å². The van der Waals surface area contributed by atoms with Crippen LogP contribution in [0.4, 0.5) is 0 Å². The summed E-state index contributed by atoms with van der Waals surface area (Å²) in [6.45, 7) is 3.29. The minimum atomic E-state index is -0.0556. The Hall–Kier alpha value is -1.08. The Bertz CT molecular complexity index is 175. The molecule has 0 amide bonds. The fourth-order valence-electron chi connectivity index (χ4n) is 1.17. The molecule has 1 unspecified atom stereocenters. The first-order chi connectivity index (χ1) is 6.67. The molecule has 0 heterocycles. The van der Waals surface area contributed by atoms with Crippen molar-refractivity contribution >= 4 is 0 Å². The lowest BCUT2D eigenvalue weighted by molar-refractivity contribution is -0.716. The van der Waals surface area contributed by atoms with Crippen molar-refractivity contribution in [2.75, 3.05) is 19.6 Å². The summed E-state index contributed by atoms with van der Waals surface area (Å²) in [4.78, 5) is 0.177. The van der Waals surface area contributed by atoms with Gasteiger partial charge in [-0.2, -0.15) is 0 Å². The first-order valence-electron chi connectivity index (χ1n) is 4.66. The van der Waals surface area contributed by atoms with E-state index in [1.165, 1.54) is 5.01 Å². The van der Waals surface area contributed by atoms with Gasteiger partial charge in [-0.3, -0.25) is 0 Å². The second-order valence-electron chi connectivity index (χ2n) is 3.07. The van der Waals surface area contributed by atoms with E-state index in [9.17, 15) is 5.21 Å². The van der Waals surface area contributed by atoms with Gasteiger partial charge >= 0.3 is 0 Å². The molecular weight excluding hydrogens is 186 g/mol. The van der Waals surface area contributed by atoms with Gasteiger partial charge in [-0.25, -0.2) is 0 Å². The molecule has 5 N–H and O–H groups in total. The van der Waals surface area contributed by atoms with Crippen molar-refractivity contribution in [1.82, 2.24) is 5.01 Å². The molecule has 0 bridgehead atoms. The van der Waals surface area contributed by atoms with Gasteiger partial charge in [0.2, 0.25) is 5.28 Å². The van der Waals surface area contributed by atoms with E-state index in [0.29, 0.717) is 32.5 Å². The first kappa shape index (κ1) is 12.9. The number of nitrogens with two attached hydrogens (primary N) is 2. The third-order valence-electron chi connectivity index (χ3n) is 1.98. The lowest BCUT2D eigenvalue weighted by Gasteiger charge is -2.23. The lowest BCUT2D eigenvalue weighted by atomic mass is 10.2. The molecule has 7 heteroatoms. The number of nitrogens with zero attached hydrogens (tertiary/aromatic N) is 3. The van der Waals surface area contributed by atoms with Gasteiger partial charge < -0.3 is 21.9 Å². The summed E-state index contributed by atoms with van der Waals surface area (Å²) < 4.78 is 0. The quantitative estimate of drug-likeness (QED) is 0.298. The smallest absolute Gasteiger partial charge is 0.230 e. The summed E-state index contributed by atoms with van der Waals surface area (Å²) >= 11 is 0. The largest absolute Gasteiger partial charge is 0.569 e. The van der Waals surface area contributed by atoms with Gasteiger partial charge in [0.05, 0.1) is 17.6 Å². The summed E-state index contributed by atoms with van der Waals surface area (Å²) in [6.07, 6.45) is 1.34. The van der Waals surface area contributed by atoms with Crippen LogP contribution in [0.25, 0.3) is 0 Å². The van der Waals surface area contributed by atoms with Gasteiger partial charge in [-0.05, 0) is 32.9 Å². The summed E-state index contributed by atoms with van der Waals surface area (Å²) in [5.74, 6) is 0. The summed E-state index contributed by atoms with van der Waals surface area (Å²) in [5.41, 5.74) is 10.7. The minimum absolute atomic E-state index is 0.0556. The van der Waals surface area contributed by atoms with Gasteiger partial charge in [0.25, 0.3) is 0 Å². The van der Waals surface area contributed by atoms with Crippen LogP contribution in [0, 0.1) is 5.21 Å². The Balaban J connectivity index is 4.22. The highest BCUT2D eigenvalue weighted by Crippen LogP contribution is 2.04. The standard InChI is InChI=1S/C7H19N5O2/c1-7(3-5-9)11(6-2-4-8)12(14)10-13/h7,13H,2-6,8-9H2,1H3/b12-10-. The molecule has 0 aliphatic heterocycles. The maximum atomic E-state index is 11.1. The number of hydrogen-bond donors (Lipinski definition) is 3. The molecule has 0 spiro atoms. The van der Waals surface area contributed by atoms with Gasteiger partial charge in [0.15, 0.2) is 0 Å². The van der Waals surface area contributed by atoms with Crippen molar-refractivity contribution in [2.45, 2.75) is 25.8 Å². The van der Waals surface area contributed by atoms with E-state index < -0.39 is 0 Å². The molecule has 0 aliphatic rings. The predicted molar refractivity (Wildman–Crippen MR) is 51.4 cm³/mol. The maximum absolute atomic E-state index is 11.1. The molecular formula is C7H19N5O2. The molecule has 84 valence electrons. The van der Waals surface area contributed by atoms with Crippen LogP contribution in [-0.4, -0.2) is 40.9 Å². The average molecular weight is 205 g/mol. The Morgan fingerprint density at radius 3 is 2.57 bits per heavy atom. The van der Waals surface area contributed by atoms with E-state index in [1.54, 1.807) is 0 Å². The third-order valence-corrected chi connectivity index (χ3v) is 1.98. The third kappa shape index (κ3) is 4.24. The summed E-state index contributed by atoms with van der Waals surface area (Å²) in [5, 5.41) is 23.4. The molecule has 0 fully saturated rings. The van der Waals surface area contributed by atoms with Crippen molar-refractivity contribution in [3.8, 4) is 0 Å². The Morgan fingerprint density at radius 1 is 1.50 bits per heavy atom. The Labute approximate surface area is 83.5 Å². The number of hydrogen-bond acceptors (Lipinski definition) is 4. The highest BCUT2D eigenvalue weighted by atomic mass is 16.6. The second-order valence-corrected chi connectivity index (χ2v) is 3.07. The lowest BCUT2D eigenvalue weighted by Crippen LogP contribution is -2.40. The molecule has 0 radical (unpaired) electrons. The van der Waals surface area contributed by atoms with Crippen molar-refractivity contribution in [3.63, 3.8) is 0 Å². The first-order valence-corrected chi connectivity index (χ1v) is 4.66. The molecule has 0 aromatic carbocycles. The molecule has 14 heavy (non-hydrogen) atoms. The van der Waals surface area contributed by atoms with Crippen molar-refractivity contribution < 1.29 is 10.2 Å². The van der Waals surface area contributed by atoms with Crippen LogP contribution in [-0.2, 0) is 0 Å². The molecule has 7 nitrogen and oxygen atoms in total. The Kier molecular flexibility index (Phi) is 6.77. The normalized spacial score (nSPS) is 14.1. The zero-order valence-electron chi connectivity index (χ0n) is 8.46. The zero-order valence-corrected chi connectivity index (χ0v) is 8.46. The second kappa shape index (κ2) is 7.34. The van der Waals surface area contributed by atoms with Crippen LogP contribution in [0.1, 0.15) is 19.8 Å². The summed E-state index contributed by atoms with van der Waals surface area (Å²) in [7, 11) is 0. The molecule has 0 aromatic rings. The topological polar surface area (TPSA) is 114 Å². The van der Waals surface area contributed by atoms with Crippen LogP contribution in [0.3, 0.4) is 0 Å². The minimum Gasteiger partial charge on any atom is -0.569 e. The number of hydrazine groups is 1. The van der Waals surface area contributed by atoms with Crippen molar-refractivity contribution in [3.05, 3.63) is 5.21 Å². The fraction of sp³-hybridized carbons (Fsp3) is 1.00. The van der Waals surface area contributed by atoms with Crippen molar-refractivity contribution in [2.24, 2.45) is 16.7 Å². The van der Waals surface area contributed by atoms with Crippen LogP contribution < -0.4 is 11.5 Å². The van der Waals surface area contributed by atoms with Crippen LogP contribution >= 0.6 is 0 Å². The van der Waals surface area contributed by atoms with E-state index in [4.69, 9.17) is 16.7 Å². The van der Waals surface area contributed by atoms with Gasteiger partial charge in [-0.1, -0.05) is 0 Å². The van der Waals surface area contributed by atoms with Gasteiger partial charge in [0, 0.05) is 0 Å². The average Bonchev–Trinajstić information content (AvgIpc) is 2.18. The van der Waals surface area contributed by atoms with E-state index >= 15 is 0 Å². The molecule has 0 saturated carbocycles. The fourth-order valence-corrected chi connectivity index (χ4v) is 1.17. The van der Waals surface area contributed by atoms with Crippen LogP contribution in [0.15, 0.2) is 5.28 Å². The van der Waals surface area contributed by atoms with E-state index in [0.717, 1.165) is 0 Å². The molecule has 0 aliphatic carbocycles.